The molecule has 6 nitrogen and oxygen atoms in total. The SMILES string of the molecule is CNCCO/N=C1/CC[C@@]2(C)C(C1)[C@@H](CO)C(=O)[C@@H]1[C@@H]2CC[C@]2(C)C(=O)CC[C@@H]12. The molecule has 0 bridgehead atoms. The van der Waals surface area contributed by atoms with Gasteiger partial charge >= 0.3 is 0 Å². The zero-order chi connectivity index (χ0) is 20.8. The lowest BCUT2D eigenvalue weighted by molar-refractivity contribution is -0.166. The van der Waals surface area contributed by atoms with E-state index in [0.29, 0.717) is 24.7 Å². The normalized spacial score (nSPS) is 45.7. The van der Waals surface area contributed by atoms with Gasteiger partial charge in [-0.25, -0.2) is 0 Å². The lowest BCUT2D eigenvalue weighted by Gasteiger charge is -2.60. The molecule has 0 aromatic rings. The third-order valence-corrected chi connectivity index (χ3v) is 9.09. The molecule has 1 unspecified atom stereocenters. The molecule has 2 N–H and O–H groups in total. The van der Waals surface area contributed by atoms with Gasteiger partial charge in [0, 0.05) is 30.2 Å². The molecule has 4 aliphatic carbocycles. The van der Waals surface area contributed by atoms with E-state index in [1.807, 2.05) is 7.05 Å². The van der Waals surface area contributed by atoms with Gasteiger partial charge in [0.25, 0.3) is 0 Å². The first kappa shape index (κ1) is 21.0. The summed E-state index contributed by atoms with van der Waals surface area (Å²) in [4.78, 5) is 31.7. The van der Waals surface area contributed by atoms with E-state index in [-0.39, 0.29) is 46.9 Å². The standard InChI is InChI=1S/C23H36N2O4/c1-22-8-6-14(25-29-11-10-24-3)12-18(22)15(13-26)21(28)20-16-4-5-19(27)23(16,2)9-7-17(20)22/h15-18,20,24,26H,4-13H2,1-3H3/b25-14-/t15-,16+,17+,18?,20+,22-,23+/m1/s1. The van der Waals surface area contributed by atoms with Gasteiger partial charge in [0.2, 0.25) is 0 Å². The number of carbonyl (C=O) groups is 2. The lowest BCUT2D eigenvalue weighted by Crippen LogP contribution is -2.61. The van der Waals surface area contributed by atoms with Crippen molar-refractivity contribution in [2.75, 3.05) is 26.8 Å². The first-order valence-electron chi connectivity index (χ1n) is 11.4. The zero-order valence-corrected chi connectivity index (χ0v) is 18.1. The Morgan fingerprint density at radius 2 is 1.93 bits per heavy atom. The summed E-state index contributed by atoms with van der Waals surface area (Å²) in [6, 6.07) is 0. The first-order valence-corrected chi connectivity index (χ1v) is 11.4. The van der Waals surface area contributed by atoms with Gasteiger partial charge < -0.3 is 15.3 Å². The van der Waals surface area contributed by atoms with Gasteiger partial charge in [-0.05, 0) is 68.7 Å². The number of nitrogens with one attached hydrogen (secondary N) is 1. The molecule has 0 aromatic carbocycles. The van der Waals surface area contributed by atoms with Crippen molar-refractivity contribution in [2.45, 2.75) is 58.8 Å². The van der Waals surface area contributed by atoms with Crippen LogP contribution in [-0.2, 0) is 14.4 Å². The van der Waals surface area contributed by atoms with E-state index in [9.17, 15) is 14.7 Å². The van der Waals surface area contributed by atoms with Crippen LogP contribution in [0.25, 0.3) is 0 Å². The van der Waals surface area contributed by atoms with E-state index in [4.69, 9.17) is 4.84 Å². The van der Waals surface area contributed by atoms with E-state index >= 15 is 0 Å². The predicted molar refractivity (Wildman–Crippen MR) is 110 cm³/mol. The van der Waals surface area contributed by atoms with Crippen LogP contribution < -0.4 is 5.32 Å². The summed E-state index contributed by atoms with van der Waals surface area (Å²) in [6.45, 7) is 5.60. The minimum absolute atomic E-state index is 0.0168. The Labute approximate surface area is 173 Å². The quantitative estimate of drug-likeness (QED) is 0.543. The molecule has 29 heavy (non-hydrogen) atoms. The predicted octanol–water partition coefficient (Wildman–Crippen LogP) is 2.59. The Bertz CT molecular complexity index is 707. The van der Waals surface area contributed by atoms with Gasteiger partial charge in [0.1, 0.15) is 18.2 Å². The van der Waals surface area contributed by atoms with E-state index in [1.165, 1.54) is 0 Å². The number of Topliss-reactive ketones (excluding diaryl/α,β-unsaturated/α-hetero) is 2. The van der Waals surface area contributed by atoms with Gasteiger partial charge in [-0.15, -0.1) is 0 Å². The highest BCUT2D eigenvalue weighted by Crippen LogP contribution is 2.65. The number of rotatable bonds is 5. The van der Waals surface area contributed by atoms with Gasteiger partial charge in [-0.3, -0.25) is 9.59 Å². The Kier molecular flexibility index (Phi) is 5.62. The van der Waals surface area contributed by atoms with Crippen LogP contribution in [0.1, 0.15) is 58.8 Å². The topological polar surface area (TPSA) is 88.0 Å². The maximum absolute atomic E-state index is 13.6. The van der Waals surface area contributed by atoms with Crippen molar-refractivity contribution in [2.24, 2.45) is 45.6 Å². The van der Waals surface area contributed by atoms with E-state index in [2.05, 4.69) is 24.3 Å². The van der Waals surface area contributed by atoms with Crippen LogP contribution in [0.2, 0.25) is 0 Å². The van der Waals surface area contributed by atoms with Crippen LogP contribution in [0, 0.1) is 40.4 Å². The molecule has 162 valence electrons. The maximum atomic E-state index is 13.6. The Balaban J connectivity index is 1.61. The highest BCUT2D eigenvalue weighted by Gasteiger charge is 2.64. The first-order chi connectivity index (χ1) is 13.9. The highest BCUT2D eigenvalue weighted by atomic mass is 16.6. The van der Waals surface area contributed by atoms with E-state index in [1.54, 1.807) is 0 Å². The minimum Gasteiger partial charge on any atom is -0.396 e. The zero-order valence-electron chi connectivity index (χ0n) is 18.1. The molecule has 0 radical (unpaired) electrons. The van der Waals surface area contributed by atoms with Crippen molar-refractivity contribution >= 4 is 17.3 Å². The van der Waals surface area contributed by atoms with Gasteiger partial charge in [0.15, 0.2) is 0 Å². The summed E-state index contributed by atoms with van der Waals surface area (Å²) in [5.41, 5.74) is 0.704. The van der Waals surface area contributed by atoms with Crippen LogP contribution in [-0.4, -0.2) is 49.2 Å². The number of nitrogens with zero attached hydrogens (tertiary/aromatic N) is 1. The van der Waals surface area contributed by atoms with Crippen LogP contribution >= 0.6 is 0 Å². The van der Waals surface area contributed by atoms with E-state index < -0.39 is 0 Å². The number of carbonyl (C=O) groups excluding carboxylic acids is 2. The molecular formula is C23H36N2O4. The molecule has 0 heterocycles. The Morgan fingerprint density at radius 3 is 2.66 bits per heavy atom. The molecule has 4 rings (SSSR count). The molecule has 4 aliphatic rings. The number of hydrogen-bond donors (Lipinski definition) is 2. The average molecular weight is 405 g/mol. The second-order valence-electron chi connectivity index (χ2n) is 10.3. The number of oxime groups is 1. The molecule has 6 heteroatoms. The molecular weight excluding hydrogens is 368 g/mol. The number of aliphatic hydroxyl groups excluding tert-OH is 1. The third-order valence-electron chi connectivity index (χ3n) is 9.09. The largest absolute Gasteiger partial charge is 0.396 e. The van der Waals surface area contributed by atoms with Crippen LogP contribution in [0.4, 0.5) is 0 Å². The molecule has 0 aromatic heterocycles. The van der Waals surface area contributed by atoms with Crippen LogP contribution in [0.3, 0.4) is 0 Å². The molecule has 0 amide bonds. The number of likely N-dealkylation sites (N-methyl/N-ethyl adjacent to an activating group) is 1. The van der Waals surface area contributed by atoms with Crippen molar-refractivity contribution in [3.8, 4) is 0 Å². The number of ketones is 2. The summed E-state index contributed by atoms with van der Waals surface area (Å²) < 4.78 is 0. The molecule has 0 aliphatic heterocycles. The number of hydrogen-bond acceptors (Lipinski definition) is 6. The summed E-state index contributed by atoms with van der Waals surface area (Å²) in [7, 11) is 1.88. The second-order valence-corrected chi connectivity index (χ2v) is 10.3. The summed E-state index contributed by atoms with van der Waals surface area (Å²) in [5, 5.41) is 17.6. The maximum Gasteiger partial charge on any atom is 0.142 e. The fourth-order valence-corrected chi connectivity index (χ4v) is 7.33. The van der Waals surface area contributed by atoms with Gasteiger partial charge in [-0.2, -0.15) is 0 Å². The van der Waals surface area contributed by atoms with Crippen molar-refractivity contribution in [1.82, 2.24) is 5.32 Å². The monoisotopic (exact) mass is 404 g/mol. The fourth-order valence-electron chi connectivity index (χ4n) is 7.33. The Morgan fingerprint density at radius 1 is 1.14 bits per heavy atom. The molecule has 7 atom stereocenters. The number of fused-ring (bicyclic) bond motifs is 5. The summed E-state index contributed by atoms with van der Waals surface area (Å²) >= 11 is 0. The molecule has 0 spiro atoms. The van der Waals surface area contributed by atoms with Crippen molar-refractivity contribution < 1.29 is 19.5 Å². The fraction of sp³-hybridized carbons (Fsp3) is 0.870. The third kappa shape index (κ3) is 3.18. The second kappa shape index (κ2) is 7.77. The Hall–Kier alpha value is -1.27. The smallest absolute Gasteiger partial charge is 0.142 e. The van der Waals surface area contributed by atoms with Crippen molar-refractivity contribution in [3.63, 3.8) is 0 Å². The van der Waals surface area contributed by atoms with Gasteiger partial charge in [0.05, 0.1) is 12.3 Å². The van der Waals surface area contributed by atoms with Gasteiger partial charge in [-0.1, -0.05) is 19.0 Å². The van der Waals surface area contributed by atoms with Crippen molar-refractivity contribution in [1.29, 1.82) is 0 Å². The van der Waals surface area contributed by atoms with E-state index in [0.717, 1.165) is 50.8 Å². The molecule has 4 saturated carbocycles. The van der Waals surface area contributed by atoms with Crippen LogP contribution in [0.5, 0.6) is 0 Å². The molecule has 4 fully saturated rings. The van der Waals surface area contributed by atoms with Crippen molar-refractivity contribution in [3.05, 3.63) is 0 Å². The lowest BCUT2D eigenvalue weighted by atomic mass is 9.43. The number of aliphatic hydroxyl groups is 1. The highest BCUT2D eigenvalue weighted by molar-refractivity contribution is 5.93. The summed E-state index contributed by atoms with van der Waals surface area (Å²) in [5.74, 6) is 0.738. The molecule has 0 saturated heterocycles. The average Bonchev–Trinajstić information content (AvgIpc) is 3.01. The minimum atomic E-state index is -0.345. The summed E-state index contributed by atoms with van der Waals surface area (Å²) in [6.07, 6.45) is 5.92. The van der Waals surface area contributed by atoms with Crippen LogP contribution in [0.15, 0.2) is 5.16 Å².